The van der Waals surface area contributed by atoms with Crippen LogP contribution in [0.1, 0.15) is 6.92 Å². The highest BCUT2D eigenvalue weighted by Crippen LogP contribution is 2.16. The molecule has 1 aromatic rings. The molecule has 0 saturated carbocycles. The first-order valence-corrected chi connectivity index (χ1v) is 7.10. The standard InChI is InChI=1S/C11H15ClN2O3S/c1-8(12)11(15)13-9-4-6-10(7-5-9)18(16,17)14(2)3/h4-8H,1-3H3,(H,13,15)/t8-/m0/s1. The Bertz CT molecular complexity index is 524. The summed E-state index contributed by atoms with van der Waals surface area (Å²) in [5.41, 5.74) is 0.505. The second-order valence-electron chi connectivity index (χ2n) is 3.92. The van der Waals surface area contributed by atoms with Crippen molar-refractivity contribution in [3.05, 3.63) is 24.3 Å². The minimum Gasteiger partial charge on any atom is -0.325 e. The Hall–Kier alpha value is -1.11. The van der Waals surface area contributed by atoms with Crippen LogP contribution in [-0.2, 0) is 14.8 Å². The topological polar surface area (TPSA) is 66.5 Å². The summed E-state index contributed by atoms with van der Waals surface area (Å²) in [4.78, 5) is 11.5. The average Bonchev–Trinajstić information content (AvgIpc) is 2.29. The van der Waals surface area contributed by atoms with Gasteiger partial charge >= 0.3 is 0 Å². The molecule has 7 heteroatoms. The molecule has 0 bridgehead atoms. The molecule has 1 amide bonds. The van der Waals surface area contributed by atoms with Crippen LogP contribution in [-0.4, -0.2) is 38.1 Å². The van der Waals surface area contributed by atoms with Crippen molar-refractivity contribution in [2.24, 2.45) is 0 Å². The smallest absolute Gasteiger partial charge is 0.242 e. The molecule has 0 spiro atoms. The van der Waals surface area contributed by atoms with E-state index in [1.54, 1.807) is 6.92 Å². The van der Waals surface area contributed by atoms with Gasteiger partial charge in [-0.15, -0.1) is 11.6 Å². The van der Waals surface area contributed by atoms with Gasteiger partial charge in [-0.2, -0.15) is 0 Å². The number of hydrogen-bond acceptors (Lipinski definition) is 3. The zero-order valence-electron chi connectivity index (χ0n) is 10.3. The molecular formula is C11H15ClN2O3S. The fourth-order valence-corrected chi connectivity index (χ4v) is 2.12. The highest BCUT2D eigenvalue weighted by molar-refractivity contribution is 7.89. The molecule has 0 fully saturated rings. The van der Waals surface area contributed by atoms with Crippen LogP contribution in [0.3, 0.4) is 0 Å². The molecule has 0 radical (unpaired) electrons. The molecule has 1 rings (SSSR count). The number of halogens is 1. The predicted molar refractivity (Wildman–Crippen MR) is 71.3 cm³/mol. The van der Waals surface area contributed by atoms with Crippen LogP contribution in [0.5, 0.6) is 0 Å². The number of alkyl halides is 1. The number of nitrogens with zero attached hydrogens (tertiary/aromatic N) is 1. The first kappa shape index (κ1) is 14.9. The van der Waals surface area contributed by atoms with Crippen molar-refractivity contribution in [2.45, 2.75) is 17.2 Å². The molecule has 0 heterocycles. The lowest BCUT2D eigenvalue weighted by atomic mass is 10.3. The SMILES string of the molecule is C[C@H](Cl)C(=O)Nc1ccc(S(=O)(=O)N(C)C)cc1. The molecule has 0 unspecified atom stereocenters. The molecule has 0 aliphatic heterocycles. The summed E-state index contributed by atoms with van der Waals surface area (Å²) in [5, 5.41) is 1.93. The second kappa shape index (κ2) is 5.69. The number of rotatable bonds is 4. The first-order chi connectivity index (χ1) is 8.25. The maximum absolute atomic E-state index is 11.8. The van der Waals surface area contributed by atoms with Gasteiger partial charge in [0.25, 0.3) is 0 Å². The molecule has 100 valence electrons. The van der Waals surface area contributed by atoms with E-state index >= 15 is 0 Å². The quantitative estimate of drug-likeness (QED) is 0.855. The summed E-state index contributed by atoms with van der Waals surface area (Å²) in [5.74, 6) is -0.333. The van der Waals surface area contributed by atoms with E-state index in [-0.39, 0.29) is 10.8 Å². The fraction of sp³-hybridized carbons (Fsp3) is 0.364. The normalized spacial score (nSPS) is 13.4. The number of anilines is 1. The van der Waals surface area contributed by atoms with E-state index in [1.165, 1.54) is 38.4 Å². The number of amides is 1. The molecule has 1 N–H and O–H groups in total. The Balaban J connectivity index is 2.91. The zero-order chi connectivity index (χ0) is 13.9. The van der Waals surface area contributed by atoms with Gasteiger partial charge in [0.05, 0.1) is 4.90 Å². The highest BCUT2D eigenvalue weighted by atomic mass is 35.5. The molecule has 0 saturated heterocycles. The van der Waals surface area contributed by atoms with Gasteiger partial charge < -0.3 is 5.32 Å². The Morgan fingerprint density at radius 3 is 2.17 bits per heavy atom. The van der Waals surface area contributed by atoms with Crippen molar-refractivity contribution in [2.75, 3.05) is 19.4 Å². The number of nitrogens with one attached hydrogen (secondary N) is 1. The third-order valence-electron chi connectivity index (χ3n) is 2.26. The van der Waals surface area contributed by atoms with Gasteiger partial charge in [0.15, 0.2) is 0 Å². The van der Waals surface area contributed by atoms with Gasteiger partial charge in [-0.25, -0.2) is 12.7 Å². The summed E-state index contributed by atoms with van der Waals surface area (Å²) >= 11 is 5.61. The van der Waals surface area contributed by atoms with Crippen LogP contribution >= 0.6 is 11.6 Å². The molecule has 1 atom stereocenters. The van der Waals surface area contributed by atoms with Crippen LogP contribution in [0.4, 0.5) is 5.69 Å². The van der Waals surface area contributed by atoms with Crippen LogP contribution < -0.4 is 5.32 Å². The molecule has 0 aliphatic rings. The molecular weight excluding hydrogens is 276 g/mol. The van der Waals surface area contributed by atoms with Gasteiger partial charge in [-0.3, -0.25) is 4.79 Å². The summed E-state index contributed by atoms with van der Waals surface area (Å²) in [7, 11) is -0.527. The van der Waals surface area contributed by atoms with E-state index < -0.39 is 15.4 Å². The van der Waals surface area contributed by atoms with Gasteiger partial charge in [0.1, 0.15) is 5.38 Å². The van der Waals surface area contributed by atoms with Crippen molar-refractivity contribution in [1.82, 2.24) is 4.31 Å². The van der Waals surface area contributed by atoms with E-state index in [9.17, 15) is 13.2 Å². The molecule has 18 heavy (non-hydrogen) atoms. The minimum absolute atomic E-state index is 0.171. The first-order valence-electron chi connectivity index (χ1n) is 5.22. The van der Waals surface area contributed by atoms with Crippen molar-refractivity contribution in [3.63, 3.8) is 0 Å². The van der Waals surface area contributed by atoms with Crippen molar-refractivity contribution in [1.29, 1.82) is 0 Å². The Morgan fingerprint density at radius 1 is 1.28 bits per heavy atom. The number of hydrogen-bond donors (Lipinski definition) is 1. The molecule has 5 nitrogen and oxygen atoms in total. The monoisotopic (exact) mass is 290 g/mol. The summed E-state index contributed by atoms with van der Waals surface area (Å²) in [6.45, 7) is 1.56. The second-order valence-corrected chi connectivity index (χ2v) is 6.72. The predicted octanol–water partition coefficient (Wildman–Crippen LogP) is 1.50. The molecule has 0 aromatic heterocycles. The van der Waals surface area contributed by atoms with E-state index in [0.717, 1.165) is 4.31 Å². The van der Waals surface area contributed by atoms with Crippen LogP contribution in [0, 0.1) is 0 Å². The van der Waals surface area contributed by atoms with Crippen molar-refractivity contribution < 1.29 is 13.2 Å². The van der Waals surface area contributed by atoms with Gasteiger partial charge in [-0.05, 0) is 31.2 Å². The van der Waals surface area contributed by atoms with E-state index in [4.69, 9.17) is 11.6 Å². The Kier molecular flexibility index (Phi) is 4.72. The summed E-state index contributed by atoms with van der Waals surface area (Å²) in [6, 6.07) is 5.91. The maximum atomic E-state index is 11.8. The Labute approximate surface area is 112 Å². The number of sulfonamides is 1. The number of benzene rings is 1. The molecule has 1 aromatic carbocycles. The lowest BCUT2D eigenvalue weighted by molar-refractivity contribution is -0.115. The van der Waals surface area contributed by atoms with E-state index in [0.29, 0.717) is 5.69 Å². The van der Waals surface area contributed by atoms with E-state index in [1.807, 2.05) is 0 Å². The number of carbonyl (C=O) groups excluding carboxylic acids is 1. The lowest BCUT2D eigenvalue weighted by Gasteiger charge is -2.12. The van der Waals surface area contributed by atoms with E-state index in [2.05, 4.69) is 5.32 Å². The van der Waals surface area contributed by atoms with Crippen LogP contribution in [0.15, 0.2) is 29.2 Å². The third-order valence-corrected chi connectivity index (χ3v) is 4.29. The van der Waals surface area contributed by atoms with Crippen LogP contribution in [0.25, 0.3) is 0 Å². The summed E-state index contributed by atoms with van der Waals surface area (Å²) < 4.78 is 24.7. The van der Waals surface area contributed by atoms with Crippen LogP contribution in [0.2, 0.25) is 0 Å². The highest BCUT2D eigenvalue weighted by Gasteiger charge is 2.17. The van der Waals surface area contributed by atoms with Crippen molar-refractivity contribution in [3.8, 4) is 0 Å². The van der Waals surface area contributed by atoms with Gasteiger partial charge in [0, 0.05) is 19.8 Å². The number of carbonyl (C=O) groups is 1. The maximum Gasteiger partial charge on any atom is 0.242 e. The lowest BCUT2D eigenvalue weighted by Crippen LogP contribution is -2.22. The average molecular weight is 291 g/mol. The van der Waals surface area contributed by atoms with Gasteiger partial charge in [0.2, 0.25) is 15.9 Å². The summed E-state index contributed by atoms with van der Waals surface area (Å²) in [6.07, 6.45) is 0. The fourth-order valence-electron chi connectivity index (χ4n) is 1.16. The Morgan fingerprint density at radius 2 is 1.78 bits per heavy atom. The van der Waals surface area contributed by atoms with Gasteiger partial charge in [-0.1, -0.05) is 0 Å². The third kappa shape index (κ3) is 3.44. The minimum atomic E-state index is -3.44. The largest absolute Gasteiger partial charge is 0.325 e. The van der Waals surface area contributed by atoms with Crippen molar-refractivity contribution >= 4 is 33.2 Å². The zero-order valence-corrected chi connectivity index (χ0v) is 11.9. The molecule has 0 aliphatic carbocycles.